The third kappa shape index (κ3) is 4.08. The molecule has 1 aromatic rings. The summed E-state index contributed by atoms with van der Waals surface area (Å²) >= 11 is 0. The summed E-state index contributed by atoms with van der Waals surface area (Å²) in [5.74, 6) is -0.108. The molecular formula is C15H20N2O2. The van der Waals surface area contributed by atoms with Crippen molar-refractivity contribution in [3.8, 4) is 6.07 Å². The summed E-state index contributed by atoms with van der Waals surface area (Å²) in [6.07, 6.45) is 0. The number of carbonyl (C=O) groups excluding carboxylic acids is 1. The molecule has 1 aromatic carbocycles. The van der Waals surface area contributed by atoms with E-state index >= 15 is 0 Å². The zero-order valence-corrected chi connectivity index (χ0v) is 11.8. The van der Waals surface area contributed by atoms with Crippen molar-refractivity contribution in [2.45, 2.75) is 32.9 Å². The molecule has 0 amide bonds. The van der Waals surface area contributed by atoms with Crippen LogP contribution in [0.3, 0.4) is 0 Å². The summed E-state index contributed by atoms with van der Waals surface area (Å²) < 4.78 is 4.80. The van der Waals surface area contributed by atoms with Crippen LogP contribution in [0.4, 0.5) is 0 Å². The van der Waals surface area contributed by atoms with E-state index in [4.69, 9.17) is 10.00 Å². The third-order valence-electron chi connectivity index (χ3n) is 3.09. The van der Waals surface area contributed by atoms with E-state index in [1.165, 1.54) is 7.11 Å². The Balaban J connectivity index is 2.78. The van der Waals surface area contributed by atoms with Gasteiger partial charge < -0.3 is 4.74 Å². The van der Waals surface area contributed by atoms with Crippen molar-refractivity contribution in [1.82, 2.24) is 5.32 Å². The van der Waals surface area contributed by atoms with E-state index in [1.54, 1.807) is 12.1 Å². The van der Waals surface area contributed by atoms with Crippen LogP contribution >= 0.6 is 0 Å². The van der Waals surface area contributed by atoms with Gasteiger partial charge in [0.1, 0.15) is 6.04 Å². The first-order valence-corrected chi connectivity index (χ1v) is 6.33. The molecule has 0 aliphatic rings. The second kappa shape index (κ2) is 6.91. The van der Waals surface area contributed by atoms with Crippen LogP contribution in [0, 0.1) is 17.2 Å². The van der Waals surface area contributed by atoms with Gasteiger partial charge in [0.05, 0.1) is 18.7 Å². The highest BCUT2D eigenvalue weighted by molar-refractivity contribution is 5.76. The summed E-state index contributed by atoms with van der Waals surface area (Å²) in [7, 11) is 1.39. The molecule has 4 nitrogen and oxygen atoms in total. The first-order chi connectivity index (χ1) is 8.99. The van der Waals surface area contributed by atoms with Gasteiger partial charge in [0.15, 0.2) is 0 Å². The van der Waals surface area contributed by atoms with Crippen LogP contribution in [0.25, 0.3) is 0 Å². The van der Waals surface area contributed by atoms with E-state index in [0.717, 1.165) is 5.56 Å². The Bertz CT molecular complexity index is 460. The van der Waals surface area contributed by atoms with Gasteiger partial charge in [-0.2, -0.15) is 5.26 Å². The minimum Gasteiger partial charge on any atom is -0.468 e. The number of hydrogen-bond donors (Lipinski definition) is 1. The zero-order chi connectivity index (χ0) is 14.4. The van der Waals surface area contributed by atoms with Crippen LogP contribution in [-0.2, 0) is 9.53 Å². The third-order valence-corrected chi connectivity index (χ3v) is 3.09. The quantitative estimate of drug-likeness (QED) is 0.826. The van der Waals surface area contributed by atoms with Crippen LogP contribution in [0.2, 0.25) is 0 Å². The van der Waals surface area contributed by atoms with E-state index in [2.05, 4.69) is 11.4 Å². The molecule has 0 saturated carbocycles. The number of ether oxygens (including phenoxy) is 1. The summed E-state index contributed by atoms with van der Waals surface area (Å²) in [6, 6.07) is 9.10. The summed E-state index contributed by atoms with van der Waals surface area (Å²) in [5, 5.41) is 12.0. The minimum atomic E-state index is -0.337. The van der Waals surface area contributed by atoms with Gasteiger partial charge in [0.2, 0.25) is 0 Å². The molecule has 102 valence electrons. The Hall–Kier alpha value is -1.86. The van der Waals surface area contributed by atoms with E-state index in [0.29, 0.717) is 5.56 Å². The van der Waals surface area contributed by atoms with E-state index in [-0.39, 0.29) is 24.0 Å². The average molecular weight is 260 g/mol. The molecule has 0 saturated heterocycles. The Morgan fingerprint density at radius 1 is 1.26 bits per heavy atom. The first kappa shape index (κ1) is 15.2. The molecule has 0 spiro atoms. The first-order valence-electron chi connectivity index (χ1n) is 6.33. The standard InChI is InChI=1S/C15H20N2O2/c1-10(2)14(15(18)19-4)17-11(3)13-7-5-12(9-16)6-8-13/h5-8,10-11,14,17H,1-4H3. The molecule has 1 N–H and O–H groups in total. The monoisotopic (exact) mass is 260 g/mol. The second-order valence-corrected chi connectivity index (χ2v) is 4.87. The summed E-state index contributed by atoms with van der Waals surface area (Å²) in [5.41, 5.74) is 1.66. The largest absolute Gasteiger partial charge is 0.468 e. The molecule has 0 aliphatic heterocycles. The Morgan fingerprint density at radius 2 is 1.84 bits per heavy atom. The predicted molar refractivity (Wildman–Crippen MR) is 73.3 cm³/mol. The number of rotatable bonds is 5. The second-order valence-electron chi connectivity index (χ2n) is 4.87. The number of esters is 1. The number of carbonyl (C=O) groups is 1. The predicted octanol–water partition coefficient (Wildman–Crippen LogP) is 2.41. The lowest BCUT2D eigenvalue weighted by molar-refractivity contribution is -0.144. The maximum Gasteiger partial charge on any atom is 0.323 e. The number of nitriles is 1. The van der Waals surface area contributed by atoms with Crippen LogP contribution in [0.5, 0.6) is 0 Å². The van der Waals surface area contributed by atoms with Crippen molar-refractivity contribution in [3.05, 3.63) is 35.4 Å². The van der Waals surface area contributed by atoms with Crippen LogP contribution < -0.4 is 5.32 Å². The van der Waals surface area contributed by atoms with Gasteiger partial charge in [-0.1, -0.05) is 26.0 Å². The fourth-order valence-corrected chi connectivity index (χ4v) is 1.87. The molecule has 1 rings (SSSR count). The van der Waals surface area contributed by atoms with E-state index in [9.17, 15) is 4.79 Å². The summed E-state index contributed by atoms with van der Waals surface area (Å²) in [6.45, 7) is 5.93. The van der Waals surface area contributed by atoms with Crippen molar-refractivity contribution in [1.29, 1.82) is 5.26 Å². The van der Waals surface area contributed by atoms with Crippen molar-refractivity contribution in [2.75, 3.05) is 7.11 Å². The van der Waals surface area contributed by atoms with Gasteiger partial charge in [-0.05, 0) is 30.5 Å². The zero-order valence-electron chi connectivity index (χ0n) is 11.8. The topological polar surface area (TPSA) is 62.1 Å². The van der Waals surface area contributed by atoms with Gasteiger partial charge >= 0.3 is 5.97 Å². The van der Waals surface area contributed by atoms with Crippen molar-refractivity contribution >= 4 is 5.97 Å². The molecule has 0 radical (unpaired) electrons. The highest BCUT2D eigenvalue weighted by Crippen LogP contribution is 2.16. The molecule has 19 heavy (non-hydrogen) atoms. The number of benzene rings is 1. The molecule has 2 atom stereocenters. The van der Waals surface area contributed by atoms with Crippen molar-refractivity contribution in [3.63, 3.8) is 0 Å². The number of nitrogens with one attached hydrogen (secondary N) is 1. The Kier molecular flexibility index (Phi) is 5.53. The summed E-state index contributed by atoms with van der Waals surface area (Å²) in [4.78, 5) is 11.7. The highest BCUT2D eigenvalue weighted by Gasteiger charge is 2.24. The van der Waals surface area contributed by atoms with Crippen LogP contribution in [0.15, 0.2) is 24.3 Å². The molecule has 4 heteroatoms. The molecule has 0 bridgehead atoms. The SMILES string of the molecule is COC(=O)C(NC(C)c1ccc(C#N)cc1)C(C)C. The maximum absolute atomic E-state index is 11.7. The van der Waals surface area contributed by atoms with Crippen molar-refractivity contribution < 1.29 is 9.53 Å². The lowest BCUT2D eigenvalue weighted by atomic mass is 10.0. The lowest BCUT2D eigenvalue weighted by Crippen LogP contribution is -2.42. The molecular weight excluding hydrogens is 240 g/mol. The molecule has 0 heterocycles. The highest BCUT2D eigenvalue weighted by atomic mass is 16.5. The molecule has 0 aromatic heterocycles. The smallest absolute Gasteiger partial charge is 0.323 e. The normalized spacial score (nSPS) is 13.7. The maximum atomic E-state index is 11.7. The Morgan fingerprint density at radius 3 is 2.26 bits per heavy atom. The van der Waals surface area contributed by atoms with Gasteiger partial charge in [-0.15, -0.1) is 0 Å². The van der Waals surface area contributed by atoms with E-state index < -0.39 is 0 Å². The number of nitrogens with zero attached hydrogens (tertiary/aromatic N) is 1. The van der Waals surface area contributed by atoms with Gasteiger partial charge in [0.25, 0.3) is 0 Å². The van der Waals surface area contributed by atoms with Gasteiger partial charge in [-0.3, -0.25) is 10.1 Å². The van der Waals surface area contributed by atoms with E-state index in [1.807, 2.05) is 32.9 Å². The Labute approximate surface area is 114 Å². The van der Waals surface area contributed by atoms with Crippen molar-refractivity contribution in [2.24, 2.45) is 5.92 Å². The average Bonchev–Trinajstić information content (AvgIpc) is 2.43. The number of hydrogen-bond acceptors (Lipinski definition) is 4. The fraction of sp³-hybridized carbons (Fsp3) is 0.467. The lowest BCUT2D eigenvalue weighted by Gasteiger charge is -2.24. The minimum absolute atomic E-state index is 0.0132. The van der Waals surface area contributed by atoms with Crippen LogP contribution in [-0.4, -0.2) is 19.1 Å². The fourth-order valence-electron chi connectivity index (χ4n) is 1.87. The molecule has 0 fully saturated rings. The van der Waals surface area contributed by atoms with Gasteiger partial charge in [0, 0.05) is 6.04 Å². The number of methoxy groups -OCH3 is 1. The van der Waals surface area contributed by atoms with Crippen LogP contribution in [0.1, 0.15) is 37.9 Å². The van der Waals surface area contributed by atoms with Gasteiger partial charge in [-0.25, -0.2) is 0 Å². The molecule has 2 unspecified atom stereocenters. The molecule has 0 aliphatic carbocycles.